The fraction of sp³-hybridized carbons (Fsp3) is 0.478. The SMILES string of the molecule is Cc1cc2c(cc1C)C(O)CC1(CCN(CC(O)c3ccc(Cl)c(Cl)c3)CC1)O2. The van der Waals surface area contributed by atoms with Crippen LogP contribution < -0.4 is 4.74 Å². The number of aliphatic hydroxyl groups is 2. The van der Waals surface area contributed by atoms with Crippen molar-refractivity contribution in [1.29, 1.82) is 0 Å². The van der Waals surface area contributed by atoms with Gasteiger partial charge in [-0.3, -0.25) is 0 Å². The number of rotatable bonds is 3. The van der Waals surface area contributed by atoms with Gasteiger partial charge in [-0.2, -0.15) is 0 Å². The molecule has 2 aliphatic heterocycles. The van der Waals surface area contributed by atoms with Crippen molar-refractivity contribution in [3.63, 3.8) is 0 Å². The van der Waals surface area contributed by atoms with Crippen LogP contribution >= 0.6 is 23.2 Å². The first-order valence-corrected chi connectivity index (χ1v) is 10.9. The van der Waals surface area contributed by atoms with Gasteiger partial charge in [-0.1, -0.05) is 29.3 Å². The molecule has 2 heterocycles. The molecule has 4 nitrogen and oxygen atoms in total. The summed E-state index contributed by atoms with van der Waals surface area (Å²) in [6.45, 7) is 6.28. The largest absolute Gasteiger partial charge is 0.487 e. The zero-order chi connectivity index (χ0) is 20.8. The minimum Gasteiger partial charge on any atom is -0.487 e. The van der Waals surface area contributed by atoms with Gasteiger partial charge in [0.25, 0.3) is 0 Å². The Morgan fingerprint density at radius 2 is 1.79 bits per heavy atom. The van der Waals surface area contributed by atoms with Crippen LogP contribution in [0, 0.1) is 13.8 Å². The highest BCUT2D eigenvalue weighted by Gasteiger charge is 2.43. The molecular formula is C23H27Cl2NO3. The third-order valence-electron chi connectivity index (χ3n) is 6.40. The van der Waals surface area contributed by atoms with Gasteiger partial charge in [0, 0.05) is 31.6 Å². The van der Waals surface area contributed by atoms with Gasteiger partial charge in [0.1, 0.15) is 11.4 Å². The van der Waals surface area contributed by atoms with E-state index in [1.807, 2.05) is 12.1 Å². The molecule has 0 bridgehead atoms. The Morgan fingerprint density at radius 1 is 1.10 bits per heavy atom. The predicted octanol–water partition coefficient (Wildman–Crippen LogP) is 4.99. The van der Waals surface area contributed by atoms with Gasteiger partial charge in [0.15, 0.2) is 0 Å². The summed E-state index contributed by atoms with van der Waals surface area (Å²) in [5.41, 5.74) is 3.68. The monoisotopic (exact) mass is 435 g/mol. The van der Waals surface area contributed by atoms with E-state index in [4.69, 9.17) is 27.9 Å². The quantitative estimate of drug-likeness (QED) is 0.712. The molecule has 2 N–H and O–H groups in total. The van der Waals surface area contributed by atoms with Gasteiger partial charge in [-0.05, 0) is 67.6 Å². The van der Waals surface area contributed by atoms with Crippen molar-refractivity contribution in [1.82, 2.24) is 4.90 Å². The van der Waals surface area contributed by atoms with E-state index >= 15 is 0 Å². The van der Waals surface area contributed by atoms with Gasteiger partial charge in [-0.15, -0.1) is 0 Å². The number of hydrogen-bond acceptors (Lipinski definition) is 4. The van der Waals surface area contributed by atoms with Crippen LogP contribution in [0.3, 0.4) is 0 Å². The fourth-order valence-corrected chi connectivity index (χ4v) is 4.72. The summed E-state index contributed by atoms with van der Waals surface area (Å²) in [6.07, 6.45) is 1.15. The molecule has 29 heavy (non-hydrogen) atoms. The first kappa shape index (κ1) is 21.0. The first-order chi connectivity index (χ1) is 13.8. The number of hydrogen-bond donors (Lipinski definition) is 2. The lowest BCUT2D eigenvalue weighted by Crippen LogP contribution is -2.51. The number of fused-ring (bicyclic) bond motifs is 1. The van der Waals surface area contributed by atoms with E-state index < -0.39 is 12.2 Å². The van der Waals surface area contributed by atoms with Crippen LogP contribution in [-0.4, -0.2) is 40.3 Å². The molecule has 0 aliphatic carbocycles. The van der Waals surface area contributed by atoms with Crippen LogP contribution in [0.1, 0.15) is 53.7 Å². The average molecular weight is 436 g/mol. The van der Waals surface area contributed by atoms with Crippen molar-refractivity contribution in [2.45, 2.75) is 50.9 Å². The summed E-state index contributed by atoms with van der Waals surface area (Å²) in [5, 5.41) is 22.3. The Kier molecular flexibility index (Phi) is 5.84. The predicted molar refractivity (Wildman–Crippen MR) is 116 cm³/mol. The number of likely N-dealkylation sites (tertiary alicyclic amines) is 1. The van der Waals surface area contributed by atoms with Crippen LogP contribution in [0.4, 0.5) is 0 Å². The molecule has 2 atom stereocenters. The molecule has 0 amide bonds. The zero-order valence-electron chi connectivity index (χ0n) is 16.8. The summed E-state index contributed by atoms with van der Waals surface area (Å²) in [6, 6.07) is 9.35. The molecule has 4 rings (SSSR count). The molecule has 0 aromatic heterocycles. The molecule has 2 aliphatic rings. The maximum atomic E-state index is 10.7. The number of ether oxygens (including phenoxy) is 1. The van der Waals surface area contributed by atoms with Crippen molar-refractivity contribution in [3.8, 4) is 5.75 Å². The number of benzene rings is 2. The third kappa shape index (κ3) is 4.28. The molecule has 0 saturated carbocycles. The topological polar surface area (TPSA) is 52.9 Å². The van der Waals surface area contributed by atoms with E-state index in [0.717, 1.165) is 42.8 Å². The van der Waals surface area contributed by atoms with E-state index in [2.05, 4.69) is 24.8 Å². The number of piperidine rings is 1. The second-order valence-electron chi connectivity index (χ2n) is 8.47. The minimum atomic E-state index is -0.622. The lowest BCUT2D eigenvalue weighted by Gasteiger charge is -2.46. The highest BCUT2D eigenvalue weighted by molar-refractivity contribution is 6.42. The van der Waals surface area contributed by atoms with Crippen molar-refractivity contribution in [2.75, 3.05) is 19.6 Å². The van der Waals surface area contributed by atoms with Gasteiger partial charge < -0.3 is 19.8 Å². The number of nitrogens with zero attached hydrogens (tertiary/aromatic N) is 1. The fourth-order valence-electron chi connectivity index (χ4n) is 4.42. The average Bonchev–Trinajstić information content (AvgIpc) is 2.68. The molecule has 2 aromatic rings. The van der Waals surface area contributed by atoms with E-state index in [0.29, 0.717) is 23.0 Å². The van der Waals surface area contributed by atoms with E-state index in [9.17, 15) is 10.2 Å². The second kappa shape index (κ2) is 8.09. The lowest BCUT2D eigenvalue weighted by atomic mass is 9.81. The van der Waals surface area contributed by atoms with Crippen molar-refractivity contribution in [3.05, 3.63) is 62.6 Å². The van der Waals surface area contributed by atoms with Crippen LogP contribution in [0.15, 0.2) is 30.3 Å². The number of halogens is 2. The maximum absolute atomic E-state index is 10.7. The molecule has 156 valence electrons. The minimum absolute atomic E-state index is 0.334. The van der Waals surface area contributed by atoms with Gasteiger partial charge in [0.2, 0.25) is 0 Å². The van der Waals surface area contributed by atoms with E-state index in [1.165, 1.54) is 11.1 Å². The summed E-state index contributed by atoms with van der Waals surface area (Å²) in [4.78, 5) is 2.24. The Labute approximate surface area is 182 Å². The standard InChI is InChI=1S/C23H27Cl2NO3/c1-14-9-17-20(27)12-23(29-22(17)10-15(14)2)5-7-26(8-6-23)13-21(28)16-3-4-18(24)19(25)11-16/h3-4,9-11,20-21,27-28H,5-8,12-13H2,1-2H3. The summed E-state index contributed by atoms with van der Waals surface area (Å²) in [5.74, 6) is 0.816. The molecule has 2 unspecified atom stereocenters. The van der Waals surface area contributed by atoms with Crippen LogP contribution in [0.2, 0.25) is 10.0 Å². The van der Waals surface area contributed by atoms with E-state index in [1.54, 1.807) is 12.1 Å². The van der Waals surface area contributed by atoms with Crippen molar-refractivity contribution >= 4 is 23.2 Å². The van der Waals surface area contributed by atoms with E-state index in [-0.39, 0.29) is 5.60 Å². The highest BCUT2D eigenvalue weighted by Crippen LogP contribution is 2.45. The van der Waals surface area contributed by atoms with Gasteiger partial charge >= 0.3 is 0 Å². The van der Waals surface area contributed by atoms with Gasteiger partial charge in [-0.25, -0.2) is 0 Å². The summed E-state index contributed by atoms with van der Waals surface area (Å²) >= 11 is 12.0. The number of aliphatic hydroxyl groups excluding tert-OH is 2. The molecule has 2 aromatic carbocycles. The Morgan fingerprint density at radius 3 is 2.48 bits per heavy atom. The number of aryl methyl sites for hydroxylation is 2. The molecule has 1 saturated heterocycles. The lowest BCUT2D eigenvalue weighted by molar-refractivity contribution is -0.0588. The summed E-state index contributed by atoms with van der Waals surface area (Å²) < 4.78 is 6.45. The Balaban J connectivity index is 1.41. The van der Waals surface area contributed by atoms with Crippen molar-refractivity contribution in [2.24, 2.45) is 0 Å². The Hall–Kier alpha value is -1.30. The summed E-state index contributed by atoms with van der Waals surface area (Å²) in [7, 11) is 0. The first-order valence-electron chi connectivity index (χ1n) is 10.1. The molecule has 6 heteroatoms. The molecule has 1 fully saturated rings. The Bertz CT molecular complexity index is 909. The molecule has 1 spiro atoms. The van der Waals surface area contributed by atoms with Crippen LogP contribution in [0.5, 0.6) is 5.75 Å². The number of β-amino-alcohol motifs (C(OH)–C–C–N with tert-alkyl or cyclic N) is 1. The van der Waals surface area contributed by atoms with Crippen molar-refractivity contribution < 1.29 is 14.9 Å². The normalized spacial score (nSPS) is 22.2. The van der Waals surface area contributed by atoms with Gasteiger partial charge in [0.05, 0.1) is 22.3 Å². The maximum Gasteiger partial charge on any atom is 0.126 e. The zero-order valence-corrected chi connectivity index (χ0v) is 18.3. The third-order valence-corrected chi connectivity index (χ3v) is 7.14. The molecular weight excluding hydrogens is 409 g/mol. The molecule has 0 radical (unpaired) electrons. The van der Waals surface area contributed by atoms with Crippen LogP contribution in [0.25, 0.3) is 0 Å². The highest BCUT2D eigenvalue weighted by atomic mass is 35.5. The van der Waals surface area contributed by atoms with Crippen LogP contribution in [-0.2, 0) is 0 Å². The smallest absolute Gasteiger partial charge is 0.126 e. The second-order valence-corrected chi connectivity index (χ2v) is 9.28.